The Labute approximate surface area is 180 Å². The van der Waals surface area contributed by atoms with Gasteiger partial charge in [-0.2, -0.15) is 0 Å². The zero-order valence-corrected chi connectivity index (χ0v) is 17.3. The molecule has 3 aromatic rings. The molecule has 1 amide bonds. The van der Waals surface area contributed by atoms with Gasteiger partial charge in [-0.3, -0.25) is 19.9 Å². The van der Waals surface area contributed by atoms with Crippen molar-refractivity contribution >= 4 is 16.8 Å². The Kier molecular flexibility index (Phi) is 5.50. The summed E-state index contributed by atoms with van der Waals surface area (Å²) < 4.78 is 0. The van der Waals surface area contributed by atoms with Crippen LogP contribution in [0.4, 0.5) is 0 Å². The number of rotatable bonds is 4. The van der Waals surface area contributed by atoms with Crippen molar-refractivity contribution in [2.24, 2.45) is 5.92 Å². The lowest BCUT2D eigenvalue weighted by Gasteiger charge is -2.36. The van der Waals surface area contributed by atoms with Crippen molar-refractivity contribution in [3.63, 3.8) is 0 Å². The number of carbonyl (C=O) groups excluding carboxylic acids is 1. The molecule has 160 valence electrons. The minimum atomic E-state index is -0.118. The molecule has 1 aromatic heterocycles. The van der Waals surface area contributed by atoms with Crippen molar-refractivity contribution in [3.8, 4) is 0 Å². The highest BCUT2D eigenvalue weighted by atomic mass is 16.2. The van der Waals surface area contributed by atoms with Crippen LogP contribution >= 0.6 is 0 Å². The van der Waals surface area contributed by atoms with E-state index in [9.17, 15) is 9.59 Å². The number of aromatic nitrogens is 2. The van der Waals surface area contributed by atoms with Crippen molar-refractivity contribution in [2.75, 3.05) is 32.7 Å². The van der Waals surface area contributed by atoms with Gasteiger partial charge in [-0.05, 0) is 17.7 Å². The number of hydrogen-bond acceptors (Lipinski definition) is 6. The minimum Gasteiger partial charge on any atom is -0.340 e. The molecular formula is C23H26N6O2. The van der Waals surface area contributed by atoms with Gasteiger partial charge in [0.15, 0.2) is 0 Å². The number of piperazine rings is 1. The third kappa shape index (κ3) is 4.10. The van der Waals surface area contributed by atoms with Crippen molar-refractivity contribution in [1.29, 1.82) is 0 Å². The third-order valence-corrected chi connectivity index (χ3v) is 6.18. The van der Waals surface area contributed by atoms with Crippen LogP contribution in [0.15, 0.2) is 59.4 Å². The number of carbonyl (C=O) groups is 1. The first-order valence-corrected chi connectivity index (χ1v) is 10.7. The molecule has 0 radical (unpaired) electrons. The second-order valence-corrected chi connectivity index (χ2v) is 8.15. The number of hydrogen-bond donors (Lipinski definition) is 3. The fourth-order valence-electron chi connectivity index (χ4n) is 4.49. The second kappa shape index (κ2) is 8.58. The van der Waals surface area contributed by atoms with Crippen LogP contribution in [0.25, 0.3) is 10.9 Å². The Morgan fingerprint density at radius 3 is 2.55 bits per heavy atom. The second-order valence-electron chi connectivity index (χ2n) is 8.15. The maximum Gasteiger partial charge on any atom is 0.258 e. The minimum absolute atomic E-state index is 0.0152. The van der Waals surface area contributed by atoms with Crippen molar-refractivity contribution in [3.05, 3.63) is 76.3 Å². The van der Waals surface area contributed by atoms with E-state index in [0.717, 1.165) is 18.7 Å². The molecule has 31 heavy (non-hydrogen) atoms. The lowest BCUT2D eigenvalue weighted by atomic mass is 9.93. The number of nitrogens with one attached hydrogen (secondary N) is 3. The van der Waals surface area contributed by atoms with Gasteiger partial charge in [-0.25, -0.2) is 10.4 Å². The molecule has 2 atom stereocenters. The standard InChI is InChI=1S/C23H26N6O2/c30-22-17-8-4-5-9-19(17)25-20(26-22)15-28-10-12-29(13-11-28)23(31)18-14-24-27-21(18)16-6-2-1-3-7-16/h1-9,18,21,24,27H,10-15H2,(H,25,26,30). The summed E-state index contributed by atoms with van der Waals surface area (Å²) in [5.74, 6) is 0.729. The van der Waals surface area contributed by atoms with Gasteiger partial charge in [-0.15, -0.1) is 0 Å². The molecule has 8 nitrogen and oxygen atoms in total. The molecule has 2 aliphatic heterocycles. The van der Waals surface area contributed by atoms with Gasteiger partial charge in [0.25, 0.3) is 5.56 Å². The molecule has 8 heteroatoms. The zero-order valence-electron chi connectivity index (χ0n) is 17.3. The summed E-state index contributed by atoms with van der Waals surface area (Å²) in [6.45, 7) is 4.06. The Bertz CT molecular complexity index is 1120. The molecule has 0 saturated carbocycles. The van der Waals surface area contributed by atoms with Crippen LogP contribution in [0.5, 0.6) is 0 Å². The number of fused-ring (bicyclic) bond motifs is 1. The number of H-pyrrole nitrogens is 1. The fraction of sp³-hybridized carbons (Fsp3) is 0.348. The number of aromatic amines is 1. The molecule has 5 rings (SSSR count). The summed E-state index contributed by atoms with van der Waals surface area (Å²) in [6.07, 6.45) is 0. The van der Waals surface area contributed by atoms with Crippen molar-refractivity contribution in [1.82, 2.24) is 30.6 Å². The molecule has 0 aliphatic carbocycles. The van der Waals surface area contributed by atoms with Crippen LogP contribution < -0.4 is 16.4 Å². The smallest absolute Gasteiger partial charge is 0.258 e. The van der Waals surface area contributed by atoms with Gasteiger partial charge >= 0.3 is 0 Å². The highest BCUT2D eigenvalue weighted by molar-refractivity contribution is 5.80. The summed E-state index contributed by atoms with van der Waals surface area (Å²) in [6, 6.07) is 17.5. The van der Waals surface area contributed by atoms with Crippen LogP contribution in [0.1, 0.15) is 17.4 Å². The largest absolute Gasteiger partial charge is 0.340 e. The van der Waals surface area contributed by atoms with Crippen LogP contribution in [0.3, 0.4) is 0 Å². The molecular weight excluding hydrogens is 392 g/mol. The normalized spacial score (nSPS) is 22.1. The summed E-state index contributed by atoms with van der Waals surface area (Å²) in [5, 5.41) is 0.605. The average Bonchev–Trinajstić information content (AvgIpc) is 3.30. The fourth-order valence-corrected chi connectivity index (χ4v) is 4.49. The molecule has 2 aromatic carbocycles. The molecule has 0 spiro atoms. The number of para-hydroxylation sites is 1. The number of hydrazine groups is 1. The molecule has 2 saturated heterocycles. The van der Waals surface area contributed by atoms with Crippen LogP contribution in [0.2, 0.25) is 0 Å². The first kappa shape index (κ1) is 19.9. The van der Waals surface area contributed by atoms with E-state index >= 15 is 0 Å². The van der Waals surface area contributed by atoms with E-state index in [4.69, 9.17) is 0 Å². The topological polar surface area (TPSA) is 93.4 Å². The molecule has 0 bridgehead atoms. The van der Waals surface area contributed by atoms with Gasteiger partial charge < -0.3 is 9.88 Å². The Morgan fingerprint density at radius 1 is 1.00 bits per heavy atom. The predicted molar refractivity (Wildman–Crippen MR) is 118 cm³/mol. The summed E-state index contributed by atoms with van der Waals surface area (Å²) in [4.78, 5) is 37.2. The lowest BCUT2D eigenvalue weighted by Crippen LogP contribution is -2.51. The number of amides is 1. The average molecular weight is 419 g/mol. The van der Waals surface area contributed by atoms with Crippen LogP contribution in [-0.2, 0) is 11.3 Å². The molecule has 2 unspecified atom stereocenters. The van der Waals surface area contributed by atoms with Gasteiger partial charge in [0.2, 0.25) is 5.91 Å². The lowest BCUT2D eigenvalue weighted by molar-refractivity contribution is -0.137. The van der Waals surface area contributed by atoms with E-state index in [1.807, 2.05) is 41.3 Å². The van der Waals surface area contributed by atoms with Crippen molar-refractivity contribution < 1.29 is 4.79 Å². The molecule has 3 N–H and O–H groups in total. The highest BCUT2D eigenvalue weighted by Gasteiger charge is 2.37. The van der Waals surface area contributed by atoms with Crippen LogP contribution in [-0.4, -0.2) is 58.4 Å². The van der Waals surface area contributed by atoms with E-state index in [0.29, 0.717) is 42.9 Å². The molecule has 3 heterocycles. The van der Waals surface area contributed by atoms with Gasteiger partial charge in [0.1, 0.15) is 5.82 Å². The maximum atomic E-state index is 13.2. The quantitative estimate of drug-likeness (QED) is 0.586. The van der Waals surface area contributed by atoms with E-state index < -0.39 is 0 Å². The third-order valence-electron chi connectivity index (χ3n) is 6.18. The SMILES string of the molecule is O=C(C1CNNC1c1ccccc1)N1CCN(Cc2nc3ccccc3c(=O)[nH]2)CC1. The molecule has 2 fully saturated rings. The summed E-state index contributed by atoms with van der Waals surface area (Å²) in [5.41, 5.74) is 8.13. The summed E-state index contributed by atoms with van der Waals surface area (Å²) >= 11 is 0. The van der Waals surface area contributed by atoms with E-state index in [2.05, 4.69) is 37.9 Å². The van der Waals surface area contributed by atoms with E-state index in [1.54, 1.807) is 6.07 Å². The van der Waals surface area contributed by atoms with Gasteiger partial charge in [0.05, 0.1) is 29.4 Å². The van der Waals surface area contributed by atoms with Crippen molar-refractivity contribution in [2.45, 2.75) is 12.6 Å². The summed E-state index contributed by atoms with van der Waals surface area (Å²) in [7, 11) is 0. The highest BCUT2D eigenvalue weighted by Crippen LogP contribution is 2.26. The first-order chi connectivity index (χ1) is 15.2. The van der Waals surface area contributed by atoms with E-state index in [1.165, 1.54) is 0 Å². The van der Waals surface area contributed by atoms with E-state index in [-0.39, 0.29) is 23.4 Å². The number of benzene rings is 2. The Hall–Kier alpha value is -3.07. The number of nitrogens with zero attached hydrogens (tertiary/aromatic N) is 3. The van der Waals surface area contributed by atoms with Gasteiger partial charge in [0, 0.05) is 32.7 Å². The van der Waals surface area contributed by atoms with Gasteiger partial charge in [-0.1, -0.05) is 42.5 Å². The van der Waals surface area contributed by atoms with Crippen LogP contribution in [0, 0.1) is 5.92 Å². The molecule has 2 aliphatic rings. The first-order valence-electron chi connectivity index (χ1n) is 10.7. The predicted octanol–water partition coefficient (Wildman–Crippen LogP) is 1.03. The Morgan fingerprint density at radius 2 is 1.74 bits per heavy atom. The maximum absolute atomic E-state index is 13.2. The monoisotopic (exact) mass is 418 g/mol. The zero-order chi connectivity index (χ0) is 21.2. The Balaban J connectivity index is 1.21.